The SMILES string of the molecule is C=CCCN(/C(=N/C)C1=C(N(C=O)c2c(CC)cccc2CC)NC(c2cccnc2C)C(Cl)=C1)C(C)CNC=O. The van der Waals surface area contributed by atoms with Gasteiger partial charge < -0.3 is 15.5 Å². The number of rotatable bonds is 14. The summed E-state index contributed by atoms with van der Waals surface area (Å²) >= 11 is 7.01. The van der Waals surface area contributed by atoms with Gasteiger partial charge in [0.2, 0.25) is 12.8 Å². The number of aliphatic imine (C=N–C) groups is 1. The number of halogens is 1. The summed E-state index contributed by atoms with van der Waals surface area (Å²) in [6.45, 7) is 13.1. The fourth-order valence-electron chi connectivity index (χ4n) is 5.21. The summed E-state index contributed by atoms with van der Waals surface area (Å²) in [6.07, 6.45) is 9.25. The van der Waals surface area contributed by atoms with E-state index < -0.39 is 6.04 Å². The van der Waals surface area contributed by atoms with E-state index in [0.29, 0.717) is 48.2 Å². The van der Waals surface area contributed by atoms with E-state index in [2.05, 4.69) is 53.1 Å². The molecule has 1 aromatic carbocycles. The molecule has 1 aromatic heterocycles. The molecule has 9 heteroatoms. The van der Waals surface area contributed by atoms with Crippen LogP contribution in [0, 0.1) is 6.92 Å². The Morgan fingerprint density at radius 1 is 1.22 bits per heavy atom. The van der Waals surface area contributed by atoms with Gasteiger partial charge >= 0.3 is 0 Å². The highest BCUT2D eigenvalue weighted by Crippen LogP contribution is 2.37. The molecule has 0 saturated carbocycles. The minimum absolute atomic E-state index is 0.100. The maximum absolute atomic E-state index is 13.1. The van der Waals surface area contributed by atoms with Gasteiger partial charge in [0.05, 0.1) is 17.3 Å². The van der Waals surface area contributed by atoms with E-state index in [-0.39, 0.29) is 6.04 Å². The predicted molar refractivity (Wildman–Crippen MR) is 168 cm³/mol. The highest BCUT2D eigenvalue weighted by molar-refractivity contribution is 6.31. The van der Waals surface area contributed by atoms with E-state index in [0.717, 1.165) is 47.3 Å². The van der Waals surface area contributed by atoms with Gasteiger partial charge in [-0.2, -0.15) is 0 Å². The number of hydrogen-bond acceptors (Lipinski definition) is 5. The first kappa shape index (κ1) is 31.6. The molecular formula is C32H41ClN6O2. The quantitative estimate of drug-likeness (QED) is 0.140. The normalized spacial score (nSPS) is 15.9. The van der Waals surface area contributed by atoms with E-state index in [4.69, 9.17) is 16.6 Å². The Hall–Kier alpha value is -3.91. The number of nitrogens with one attached hydrogen (secondary N) is 2. The summed E-state index contributed by atoms with van der Waals surface area (Å²) in [4.78, 5) is 37.2. The van der Waals surface area contributed by atoms with Gasteiger partial charge in [0.15, 0.2) is 0 Å². The van der Waals surface area contributed by atoms with Crippen molar-refractivity contribution in [3.05, 3.63) is 94.1 Å². The monoisotopic (exact) mass is 576 g/mol. The summed E-state index contributed by atoms with van der Waals surface area (Å²) in [5.74, 6) is 1.22. The van der Waals surface area contributed by atoms with Crippen LogP contribution in [0.2, 0.25) is 0 Å². The lowest BCUT2D eigenvalue weighted by molar-refractivity contribution is -0.109. The van der Waals surface area contributed by atoms with Crippen molar-refractivity contribution in [3.63, 3.8) is 0 Å². The average molecular weight is 577 g/mol. The summed E-state index contributed by atoms with van der Waals surface area (Å²) < 4.78 is 0. The third kappa shape index (κ3) is 7.06. The molecule has 3 rings (SSSR count). The van der Waals surface area contributed by atoms with Gasteiger partial charge in [0.1, 0.15) is 11.7 Å². The Morgan fingerprint density at radius 2 is 1.93 bits per heavy atom. The van der Waals surface area contributed by atoms with Crippen LogP contribution in [-0.2, 0) is 22.4 Å². The number of benzene rings is 1. The summed E-state index contributed by atoms with van der Waals surface area (Å²) in [5, 5.41) is 6.94. The van der Waals surface area contributed by atoms with Crippen molar-refractivity contribution in [3.8, 4) is 0 Å². The van der Waals surface area contributed by atoms with Crippen molar-refractivity contribution >= 4 is 35.9 Å². The largest absolute Gasteiger partial charge is 0.359 e. The number of aromatic nitrogens is 1. The second kappa shape index (κ2) is 15.2. The molecule has 2 unspecified atom stereocenters. The number of hydrogen-bond donors (Lipinski definition) is 2. The predicted octanol–water partition coefficient (Wildman–Crippen LogP) is 5.20. The number of nitrogens with zero attached hydrogens (tertiary/aromatic N) is 4. The smallest absolute Gasteiger partial charge is 0.219 e. The van der Waals surface area contributed by atoms with Crippen molar-refractivity contribution in [2.75, 3.05) is 25.0 Å². The number of pyridine rings is 1. The number of dihydropyridines is 1. The number of amidine groups is 1. The van der Waals surface area contributed by atoms with Crippen molar-refractivity contribution in [1.29, 1.82) is 0 Å². The molecule has 41 heavy (non-hydrogen) atoms. The molecule has 0 fully saturated rings. The number of para-hydroxylation sites is 1. The fourth-order valence-corrected chi connectivity index (χ4v) is 5.49. The fraction of sp³-hybridized carbons (Fsp3) is 0.375. The minimum atomic E-state index is -0.417. The number of carbonyl (C=O) groups excluding carboxylic acids is 2. The lowest BCUT2D eigenvalue weighted by atomic mass is 9.97. The number of anilines is 1. The third-order valence-corrected chi connectivity index (χ3v) is 7.66. The zero-order chi connectivity index (χ0) is 29.9. The number of carbonyl (C=O) groups is 2. The highest BCUT2D eigenvalue weighted by atomic mass is 35.5. The van der Waals surface area contributed by atoms with Crippen LogP contribution in [0.1, 0.15) is 55.6 Å². The molecule has 0 bridgehead atoms. The van der Waals surface area contributed by atoms with Gasteiger partial charge in [-0.1, -0.05) is 55.8 Å². The van der Waals surface area contributed by atoms with Crippen LogP contribution in [0.15, 0.2) is 76.7 Å². The molecule has 0 saturated heterocycles. The summed E-state index contributed by atoms with van der Waals surface area (Å²) in [5.41, 5.74) is 5.40. The van der Waals surface area contributed by atoms with Gasteiger partial charge in [-0.05, 0) is 56.4 Å². The van der Waals surface area contributed by atoms with Crippen LogP contribution in [0.5, 0.6) is 0 Å². The van der Waals surface area contributed by atoms with E-state index in [1.165, 1.54) is 0 Å². The first-order valence-corrected chi connectivity index (χ1v) is 14.4. The second-order valence-electron chi connectivity index (χ2n) is 9.85. The van der Waals surface area contributed by atoms with Crippen LogP contribution < -0.4 is 15.5 Å². The van der Waals surface area contributed by atoms with Crippen LogP contribution in [-0.4, -0.2) is 54.7 Å². The molecule has 2 atom stereocenters. The average Bonchev–Trinajstić information content (AvgIpc) is 2.99. The van der Waals surface area contributed by atoms with E-state index in [9.17, 15) is 9.59 Å². The molecule has 1 aliphatic rings. The van der Waals surface area contributed by atoms with Crippen molar-refractivity contribution in [2.24, 2.45) is 4.99 Å². The van der Waals surface area contributed by atoms with Gasteiger partial charge in [-0.25, -0.2) is 0 Å². The Kier molecular flexibility index (Phi) is 11.7. The van der Waals surface area contributed by atoms with Crippen molar-refractivity contribution < 1.29 is 9.59 Å². The van der Waals surface area contributed by atoms with Gasteiger partial charge in [-0.15, -0.1) is 6.58 Å². The van der Waals surface area contributed by atoms with E-state index >= 15 is 0 Å². The van der Waals surface area contributed by atoms with Gasteiger partial charge in [0, 0.05) is 48.7 Å². The molecule has 1 aliphatic heterocycles. The van der Waals surface area contributed by atoms with Crippen LogP contribution in [0.25, 0.3) is 0 Å². The maximum Gasteiger partial charge on any atom is 0.219 e. The molecule has 2 N–H and O–H groups in total. The van der Waals surface area contributed by atoms with Crippen LogP contribution >= 0.6 is 11.6 Å². The van der Waals surface area contributed by atoms with Crippen molar-refractivity contribution in [1.82, 2.24) is 20.5 Å². The summed E-state index contributed by atoms with van der Waals surface area (Å²) in [6, 6.07) is 9.49. The lowest BCUT2D eigenvalue weighted by Crippen LogP contribution is -2.47. The molecule has 2 heterocycles. The standard InChI is InChI=1S/C32H41ClN6O2/c1-7-10-17-38(22(4)19-35-20-40)31(34-6)27-18-28(33)29(26-15-12-16-36-23(26)5)37-32(27)39(21-41)30-24(8-2)13-11-14-25(30)9-3/h7,11-16,18,20-22,29,37H,1,8-10,17,19H2,2-6H3,(H,35,40)/b34-31+. The first-order valence-electron chi connectivity index (χ1n) is 14.0. The zero-order valence-electron chi connectivity index (χ0n) is 24.7. The summed E-state index contributed by atoms with van der Waals surface area (Å²) in [7, 11) is 1.72. The molecule has 2 amide bonds. The molecule has 218 valence electrons. The lowest BCUT2D eigenvalue weighted by Gasteiger charge is -2.38. The minimum Gasteiger partial charge on any atom is -0.359 e. The van der Waals surface area contributed by atoms with Crippen molar-refractivity contribution in [2.45, 2.75) is 59.0 Å². The van der Waals surface area contributed by atoms with E-state index in [1.807, 2.05) is 44.2 Å². The molecule has 8 nitrogen and oxygen atoms in total. The number of aryl methyl sites for hydroxylation is 3. The topological polar surface area (TPSA) is 89.9 Å². The zero-order valence-corrected chi connectivity index (χ0v) is 25.4. The Balaban J connectivity index is 2.31. The maximum atomic E-state index is 13.1. The Morgan fingerprint density at radius 3 is 2.49 bits per heavy atom. The molecular weight excluding hydrogens is 536 g/mol. The Bertz CT molecular complexity index is 1310. The molecule has 0 aliphatic carbocycles. The first-order chi connectivity index (χ1) is 19.9. The van der Waals surface area contributed by atoms with Gasteiger partial charge in [-0.3, -0.25) is 24.5 Å². The third-order valence-electron chi connectivity index (χ3n) is 7.33. The molecule has 0 radical (unpaired) electrons. The van der Waals surface area contributed by atoms with Crippen LogP contribution in [0.4, 0.5) is 5.69 Å². The van der Waals surface area contributed by atoms with Crippen LogP contribution in [0.3, 0.4) is 0 Å². The molecule has 2 aromatic rings. The van der Waals surface area contributed by atoms with Gasteiger partial charge in [0.25, 0.3) is 0 Å². The highest BCUT2D eigenvalue weighted by Gasteiger charge is 2.33. The number of amides is 2. The second-order valence-corrected chi connectivity index (χ2v) is 10.3. The van der Waals surface area contributed by atoms with E-state index in [1.54, 1.807) is 18.1 Å². The molecule has 0 spiro atoms. The Labute approximate surface area is 248 Å².